The minimum absolute atomic E-state index is 0.104. The Labute approximate surface area is 249 Å². The van der Waals surface area contributed by atoms with Gasteiger partial charge in [0, 0.05) is 13.0 Å². The molecule has 5 atom stereocenters. The molecule has 0 saturated heterocycles. The lowest BCUT2D eigenvalue weighted by atomic mass is 9.83. The lowest BCUT2D eigenvalue weighted by molar-refractivity contribution is -0.147. The van der Waals surface area contributed by atoms with E-state index in [9.17, 15) is 14.4 Å². The van der Waals surface area contributed by atoms with Gasteiger partial charge in [-0.1, -0.05) is 51.1 Å². The average molecular weight is 581 g/mol. The molecule has 0 spiro atoms. The van der Waals surface area contributed by atoms with Crippen LogP contribution in [0.3, 0.4) is 0 Å². The Kier molecular flexibility index (Phi) is 9.70. The Hall–Kier alpha value is -3.04. The Bertz CT molecular complexity index is 1270. The second-order valence-electron chi connectivity index (χ2n) is 12.3. The van der Waals surface area contributed by atoms with Crippen LogP contribution in [0.15, 0.2) is 42.5 Å². The molecule has 2 aromatic carbocycles. The van der Waals surface area contributed by atoms with Gasteiger partial charge in [-0.05, 0) is 80.0 Å². The van der Waals surface area contributed by atoms with E-state index in [1.54, 1.807) is 18.9 Å². The van der Waals surface area contributed by atoms with E-state index in [-0.39, 0.29) is 35.7 Å². The number of rotatable bonds is 8. The quantitative estimate of drug-likeness (QED) is 0.280. The molecule has 0 fully saturated rings. The van der Waals surface area contributed by atoms with Gasteiger partial charge < -0.3 is 25.6 Å². The maximum atomic E-state index is 14.3. The highest BCUT2D eigenvalue weighted by Crippen LogP contribution is 2.33. The van der Waals surface area contributed by atoms with Crippen LogP contribution in [0.1, 0.15) is 75.8 Å². The molecule has 9 heteroatoms. The maximum absolute atomic E-state index is 14.3. The normalized spacial score (nSPS) is 20.6. The number of carbonyl (C=O) groups excluding carboxylic acids is 3. The number of hydrogen-bond acceptors (Lipinski definition) is 6. The van der Waals surface area contributed by atoms with Crippen molar-refractivity contribution in [3.05, 3.63) is 64.7 Å². The molecule has 4 rings (SSSR count). The van der Waals surface area contributed by atoms with Gasteiger partial charge in [-0.15, -0.1) is 12.6 Å². The van der Waals surface area contributed by atoms with Crippen LogP contribution < -0.4 is 20.7 Å². The summed E-state index contributed by atoms with van der Waals surface area (Å²) >= 11 is 4.34. The summed E-state index contributed by atoms with van der Waals surface area (Å²) in [4.78, 5) is 42.9. The topological polar surface area (TPSA) is 99.8 Å². The van der Waals surface area contributed by atoms with Crippen LogP contribution in [0.25, 0.3) is 0 Å². The van der Waals surface area contributed by atoms with Crippen LogP contribution >= 0.6 is 12.6 Å². The van der Waals surface area contributed by atoms with E-state index < -0.39 is 23.5 Å². The number of nitrogens with zero attached hydrogens (tertiary/aromatic N) is 1. The fourth-order valence-electron chi connectivity index (χ4n) is 5.68. The van der Waals surface area contributed by atoms with Crippen molar-refractivity contribution in [3.63, 3.8) is 0 Å². The second-order valence-corrected chi connectivity index (χ2v) is 13.0. The van der Waals surface area contributed by atoms with E-state index >= 15 is 0 Å². The first-order valence-electron chi connectivity index (χ1n) is 14.5. The molecular weight excluding hydrogens is 536 g/mol. The Morgan fingerprint density at radius 2 is 1.78 bits per heavy atom. The molecule has 1 aliphatic heterocycles. The largest absolute Gasteiger partial charge is 0.480 e. The van der Waals surface area contributed by atoms with Crippen LogP contribution in [-0.4, -0.2) is 53.2 Å². The fraction of sp³-hybridized carbons (Fsp3) is 0.531. The first-order chi connectivity index (χ1) is 19.4. The summed E-state index contributed by atoms with van der Waals surface area (Å²) in [6.07, 6.45) is 3.21. The molecule has 41 heavy (non-hydrogen) atoms. The van der Waals surface area contributed by atoms with Crippen molar-refractivity contribution in [1.29, 1.82) is 0 Å². The van der Waals surface area contributed by atoms with Crippen LogP contribution in [0.4, 0.5) is 0 Å². The molecule has 1 heterocycles. The zero-order chi connectivity index (χ0) is 29.9. The molecule has 0 radical (unpaired) electrons. The van der Waals surface area contributed by atoms with E-state index in [1.807, 2.05) is 58.0 Å². The number of hydrogen-bond donors (Lipinski definition) is 4. The van der Waals surface area contributed by atoms with E-state index in [2.05, 4.69) is 40.7 Å². The van der Waals surface area contributed by atoms with Gasteiger partial charge in [0.05, 0.1) is 12.1 Å². The summed E-state index contributed by atoms with van der Waals surface area (Å²) in [5, 5.41) is 9.17. The molecular formula is C32H44N4O4S. The number of aryl methyl sites for hydroxylation is 1. The second kappa shape index (κ2) is 12.9. The molecule has 2 unspecified atom stereocenters. The molecule has 0 saturated carbocycles. The number of amides is 3. The van der Waals surface area contributed by atoms with Crippen molar-refractivity contribution in [2.24, 2.45) is 5.41 Å². The molecule has 222 valence electrons. The van der Waals surface area contributed by atoms with Gasteiger partial charge in [0.1, 0.15) is 23.3 Å². The summed E-state index contributed by atoms with van der Waals surface area (Å²) in [6, 6.07) is 11.9. The van der Waals surface area contributed by atoms with Gasteiger partial charge in [-0.3, -0.25) is 14.4 Å². The van der Waals surface area contributed by atoms with E-state index in [4.69, 9.17) is 4.74 Å². The zero-order valence-corrected chi connectivity index (χ0v) is 25.9. The minimum Gasteiger partial charge on any atom is -0.480 e. The third-order valence-corrected chi connectivity index (χ3v) is 8.22. The van der Waals surface area contributed by atoms with Gasteiger partial charge in [-0.25, -0.2) is 0 Å². The molecule has 2 aliphatic rings. The predicted molar refractivity (Wildman–Crippen MR) is 164 cm³/mol. The molecule has 1 aliphatic carbocycles. The number of thiol groups is 1. The molecule has 0 bridgehead atoms. The van der Waals surface area contributed by atoms with Gasteiger partial charge in [0.15, 0.2) is 0 Å². The average Bonchev–Trinajstić information content (AvgIpc) is 2.93. The first-order valence-corrected chi connectivity index (χ1v) is 15.0. The summed E-state index contributed by atoms with van der Waals surface area (Å²) in [5.41, 5.74) is 3.43. The first kappa shape index (κ1) is 30.9. The highest BCUT2D eigenvalue weighted by molar-refractivity contribution is 7.80. The number of benzene rings is 2. The minimum atomic E-state index is -0.824. The standard InChI is InChI=1S/C32H44N4O4S/c1-19(33-6)29(37)35-28(32(3,4)5)31(39)36-18-23-16-24(40-20(2)41)15-14-22(23)17-27(36)30(38)34-26-13-9-11-21-10-7-8-12-25(21)26/h7-8,10,12,14-16,19-20,26-28,33,41H,9,11,13,17-18H2,1-6H3,(H,34,38)(H,35,37)/t19-,20?,26?,27-,28+/m0/s1. The van der Waals surface area contributed by atoms with Crippen LogP contribution in [-0.2, 0) is 33.8 Å². The summed E-state index contributed by atoms with van der Waals surface area (Å²) in [6.45, 7) is 9.59. The van der Waals surface area contributed by atoms with E-state index in [1.165, 1.54) is 5.56 Å². The number of nitrogens with one attached hydrogen (secondary N) is 3. The Morgan fingerprint density at radius 3 is 2.46 bits per heavy atom. The van der Waals surface area contributed by atoms with E-state index in [0.29, 0.717) is 12.2 Å². The summed E-state index contributed by atoms with van der Waals surface area (Å²) < 4.78 is 5.79. The molecule has 3 amide bonds. The molecule has 0 aromatic heterocycles. The Balaban J connectivity index is 1.67. The molecule has 8 nitrogen and oxygen atoms in total. The van der Waals surface area contributed by atoms with Crippen LogP contribution in [0, 0.1) is 5.41 Å². The lowest BCUT2D eigenvalue weighted by Crippen LogP contribution is -2.62. The fourth-order valence-corrected chi connectivity index (χ4v) is 5.80. The SMILES string of the molecule is CN[C@@H](C)C(=O)N[C@H](C(=O)N1Cc2cc(OC(C)S)ccc2C[C@H]1C(=O)NC1CCCc2ccccc21)C(C)(C)C. The Morgan fingerprint density at radius 1 is 1.05 bits per heavy atom. The van der Waals surface area contributed by atoms with Gasteiger partial charge in [0.2, 0.25) is 17.7 Å². The van der Waals surface area contributed by atoms with Crippen molar-refractivity contribution in [2.45, 2.75) is 96.5 Å². The van der Waals surface area contributed by atoms with Crippen LogP contribution in [0.5, 0.6) is 5.75 Å². The van der Waals surface area contributed by atoms with Crippen molar-refractivity contribution in [2.75, 3.05) is 7.05 Å². The van der Waals surface area contributed by atoms with Crippen LogP contribution in [0.2, 0.25) is 0 Å². The van der Waals surface area contributed by atoms with Gasteiger partial charge >= 0.3 is 0 Å². The molecule has 2 aromatic rings. The monoisotopic (exact) mass is 580 g/mol. The predicted octanol–water partition coefficient (Wildman–Crippen LogP) is 3.93. The number of fused-ring (bicyclic) bond motifs is 2. The maximum Gasteiger partial charge on any atom is 0.246 e. The van der Waals surface area contributed by atoms with Gasteiger partial charge in [-0.2, -0.15) is 0 Å². The third-order valence-electron chi connectivity index (χ3n) is 8.11. The summed E-state index contributed by atoms with van der Waals surface area (Å²) in [7, 11) is 1.70. The number of carbonyl (C=O) groups is 3. The van der Waals surface area contributed by atoms with Crippen molar-refractivity contribution < 1.29 is 19.1 Å². The lowest BCUT2D eigenvalue weighted by Gasteiger charge is -2.42. The molecule has 3 N–H and O–H groups in total. The van der Waals surface area contributed by atoms with Crippen molar-refractivity contribution >= 4 is 30.4 Å². The summed E-state index contributed by atoms with van der Waals surface area (Å²) in [5.74, 6) is -0.0733. The number of likely N-dealkylation sites (N-methyl/N-ethyl adjacent to an activating group) is 1. The zero-order valence-electron chi connectivity index (χ0n) is 25.0. The van der Waals surface area contributed by atoms with Gasteiger partial charge in [0.25, 0.3) is 0 Å². The van der Waals surface area contributed by atoms with E-state index in [0.717, 1.165) is 36.0 Å². The third kappa shape index (κ3) is 7.25. The number of ether oxygens (including phenoxy) is 1. The highest BCUT2D eigenvalue weighted by Gasteiger charge is 2.43. The van der Waals surface area contributed by atoms with Crippen molar-refractivity contribution in [1.82, 2.24) is 20.9 Å². The smallest absolute Gasteiger partial charge is 0.246 e. The van der Waals surface area contributed by atoms with Crippen molar-refractivity contribution in [3.8, 4) is 5.75 Å². The highest BCUT2D eigenvalue weighted by atomic mass is 32.1.